The van der Waals surface area contributed by atoms with Crippen LogP contribution in [0.1, 0.15) is 17.4 Å². The number of nitrogens with zero attached hydrogens (tertiary/aromatic N) is 3. The maximum atomic E-state index is 12.4. The van der Waals surface area contributed by atoms with Crippen molar-refractivity contribution in [3.63, 3.8) is 0 Å². The number of benzene rings is 1. The second-order valence-electron chi connectivity index (χ2n) is 5.54. The number of rotatable bonds is 5. The van der Waals surface area contributed by atoms with Crippen LogP contribution >= 0.6 is 11.3 Å². The first-order valence-electron chi connectivity index (χ1n) is 8.04. The number of anilines is 1. The smallest absolute Gasteiger partial charge is 0.275 e. The number of methoxy groups -OCH3 is 1. The van der Waals surface area contributed by atoms with E-state index in [0.29, 0.717) is 28.8 Å². The highest BCUT2D eigenvalue weighted by Gasteiger charge is 2.15. The van der Waals surface area contributed by atoms with Gasteiger partial charge in [0, 0.05) is 23.5 Å². The lowest BCUT2D eigenvalue weighted by Crippen LogP contribution is -2.17. The second-order valence-corrected chi connectivity index (χ2v) is 6.40. The van der Waals surface area contributed by atoms with Crippen LogP contribution in [0, 0.1) is 0 Å². The number of carbonyl (C=O) groups is 1. The average molecular weight is 368 g/mol. The molecule has 0 aliphatic heterocycles. The molecule has 0 saturated heterocycles. The summed E-state index contributed by atoms with van der Waals surface area (Å²) in [4.78, 5) is 16.8. The van der Waals surface area contributed by atoms with Gasteiger partial charge in [-0.1, -0.05) is 0 Å². The van der Waals surface area contributed by atoms with E-state index in [1.54, 1.807) is 24.1 Å². The zero-order chi connectivity index (χ0) is 18.1. The molecule has 3 aromatic heterocycles. The Morgan fingerprint density at radius 3 is 3.04 bits per heavy atom. The first-order chi connectivity index (χ1) is 12.7. The number of nitrogens with one attached hydrogen (secondary N) is 1. The summed E-state index contributed by atoms with van der Waals surface area (Å²) in [6.45, 7) is 2.56. The van der Waals surface area contributed by atoms with Crippen LogP contribution in [0.2, 0.25) is 0 Å². The number of carbonyl (C=O) groups excluding carboxylic acids is 1. The number of fused-ring (bicyclic) bond motifs is 1. The summed E-state index contributed by atoms with van der Waals surface area (Å²) in [6, 6.07) is 9.20. The van der Waals surface area contributed by atoms with Gasteiger partial charge < -0.3 is 9.15 Å². The molecule has 8 heteroatoms. The number of hydrogen-bond acceptors (Lipinski definition) is 6. The van der Waals surface area contributed by atoms with Gasteiger partial charge in [0.15, 0.2) is 10.9 Å². The normalized spacial score (nSPS) is 11.0. The molecule has 1 N–H and O–H groups in total. The Hall–Kier alpha value is -3.13. The molecule has 3 heterocycles. The standard InChI is InChI=1S/C18H16N4O3S/c1-3-22-14(6-7-19-22)17(23)21-18-20-13(10-26-18)16-9-11-8-12(24-2)4-5-15(11)25-16/h4-10H,3H2,1-2H3,(H,20,21,23). The summed E-state index contributed by atoms with van der Waals surface area (Å²) in [5.41, 5.74) is 1.93. The molecular formula is C18H16N4O3S. The van der Waals surface area contributed by atoms with Gasteiger partial charge in [0.1, 0.15) is 22.7 Å². The van der Waals surface area contributed by atoms with E-state index in [1.165, 1.54) is 11.3 Å². The molecule has 0 radical (unpaired) electrons. The van der Waals surface area contributed by atoms with E-state index in [2.05, 4.69) is 15.4 Å². The highest BCUT2D eigenvalue weighted by atomic mass is 32.1. The topological polar surface area (TPSA) is 82.2 Å². The minimum atomic E-state index is -0.236. The van der Waals surface area contributed by atoms with Gasteiger partial charge in [-0.25, -0.2) is 4.98 Å². The molecule has 4 rings (SSSR count). The largest absolute Gasteiger partial charge is 0.497 e. The molecule has 0 aliphatic carbocycles. The van der Waals surface area contributed by atoms with Gasteiger partial charge in [-0.15, -0.1) is 11.3 Å². The summed E-state index contributed by atoms with van der Waals surface area (Å²) < 4.78 is 12.7. The number of thiazole rings is 1. The lowest BCUT2D eigenvalue weighted by molar-refractivity contribution is 0.101. The maximum absolute atomic E-state index is 12.4. The number of furan rings is 1. The molecule has 1 aromatic carbocycles. The van der Waals surface area contributed by atoms with E-state index < -0.39 is 0 Å². The van der Waals surface area contributed by atoms with Crippen molar-refractivity contribution in [1.29, 1.82) is 0 Å². The fourth-order valence-electron chi connectivity index (χ4n) is 2.66. The Labute approximate surface area is 153 Å². The van der Waals surface area contributed by atoms with Gasteiger partial charge >= 0.3 is 0 Å². The number of aromatic nitrogens is 3. The van der Waals surface area contributed by atoms with Crippen LogP contribution in [0.15, 0.2) is 46.3 Å². The molecule has 0 unspecified atom stereocenters. The first kappa shape index (κ1) is 16.3. The molecule has 0 atom stereocenters. The van der Waals surface area contributed by atoms with E-state index in [1.807, 2.05) is 36.6 Å². The molecule has 26 heavy (non-hydrogen) atoms. The van der Waals surface area contributed by atoms with Gasteiger partial charge in [-0.3, -0.25) is 14.8 Å². The van der Waals surface area contributed by atoms with Crippen LogP contribution in [0.25, 0.3) is 22.4 Å². The Balaban J connectivity index is 1.57. The Bertz CT molecular complexity index is 1080. The first-order valence-corrected chi connectivity index (χ1v) is 8.92. The monoisotopic (exact) mass is 368 g/mol. The predicted octanol–water partition coefficient (Wildman–Crippen LogP) is 4.03. The SMILES string of the molecule is CCn1nccc1C(=O)Nc1nc(-c2cc3cc(OC)ccc3o2)cs1. The fraction of sp³-hybridized carbons (Fsp3) is 0.167. The predicted molar refractivity (Wildman–Crippen MR) is 99.7 cm³/mol. The van der Waals surface area contributed by atoms with E-state index in [4.69, 9.17) is 9.15 Å². The number of ether oxygens (including phenoxy) is 1. The van der Waals surface area contributed by atoms with E-state index in [9.17, 15) is 4.79 Å². The zero-order valence-electron chi connectivity index (χ0n) is 14.2. The summed E-state index contributed by atoms with van der Waals surface area (Å²) in [5.74, 6) is 1.17. The fourth-order valence-corrected chi connectivity index (χ4v) is 3.35. The lowest BCUT2D eigenvalue weighted by Gasteiger charge is -2.03. The van der Waals surface area contributed by atoms with Crippen LogP contribution in [0.5, 0.6) is 5.75 Å². The third kappa shape index (κ3) is 2.95. The summed E-state index contributed by atoms with van der Waals surface area (Å²) in [6.07, 6.45) is 1.61. The molecule has 0 fully saturated rings. The van der Waals surface area contributed by atoms with E-state index in [0.717, 1.165) is 16.7 Å². The highest BCUT2D eigenvalue weighted by molar-refractivity contribution is 7.14. The number of amides is 1. The van der Waals surface area contributed by atoms with Crippen molar-refractivity contribution in [2.45, 2.75) is 13.5 Å². The van der Waals surface area contributed by atoms with Crippen molar-refractivity contribution in [3.8, 4) is 17.2 Å². The van der Waals surface area contributed by atoms with Crippen molar-refractivity contribution in [2.75, 3.05) is 12.4 Å². The molecule has 1 amide bonds. The van der Waals surface area contributed by atoms with Crippen LogP contribution in [0.4, 0.5) is 5.13 Å². The van der Waals surface area contributed by atoms with Gasteiger partial charge in [0.25, 0.3) is 5.91 Å². The van der Waals surface area contributed by atoms with Crippen LogP contribution in [-0.4, -0.2) is 27.8 Å². The Morgan fingerprint density at radius 2 is 2.23 bits per heavy atom. The van der Waals surface area contributed by atoms with Crippen molar-refractivity contribution in [1.82, 2.24) is 14.8 Å². The summed E-state index contributed by atoms with van der Waals surface area (Å²) in [5, 5.41) is 10.2. The second kappa shape index (κ2) is 6.64. The zero-order valence-corrected chi connectivity index (χ0v) is 15.0. The van der Waals surface area contributed by atoms with E-state index in [-0.39, 0.29) is 5.91 Å². The van der Waals surface area contributed by atoms with Crippen LogP contribution in [-0.2, 0) is 6.54 Å². The molecule has 7 nitrogen and oxygen atoms in total. The average Bonchev–Trinajstić information content (AvgIpc) is 3.38. The number of hydrogen-bond donors (Lipinski definition) is 1. The number of aryl methyl sites for hydroxylation is 1. The molecule has 0 bridgehead atoms. The van der Waals surface area contributed by atoms with Crippen molar-refractivity contribution in [3.05, 3.63) is 47.6 Å². The minimum absolute atomic E-state index is 0.236. The molecule has 0 spiro atoms. The Morgan fingerprint density at radius 1 is 1.35 bits per heavy atom. The maximum Gasteiger partial charge on any atom is 0.275 e. The molecular weight excluding hydrogens is 352 g/mol. The van der Waals surface area contributed by atoms with Crippen molar-refractivity contribution < 1.29 is 13.9 Å². The summed E-state index contributed by atoms with van der Waals surface area (Å²) >= 11 is 1.34. The molecule has 132 valence electrons. The quantitative estimate of drug-likeness (QED) is 0.575. The van der Waals surface area contributed by atoms with Gasteiger partial charge in [0.2, 0.25) is 0 Å². The highest BCUT2D eigenvalue weighted by Crippen LogP contribution is 2.32. The van der Waals surface area contributed by atoms with Crippen molar-refractivity contribution >= 4 is 33.3 Å². The van der Waals surface area contributed by atoms with Gasteiger partial charge in [-0.2, -0.15) is 5.10 Å². The summed E-state index contributed by atoms with van der Waals surface area (Å²) in [7, 11) is 1.63. The van der Waals surface area contributed by atoms with Crippen LogP contribution in [0.3, 0.4) is 0 Å². The third-order valence-electron chi connectivity index (χ3n) is 3.95. The van der Waals surface area contributed by atoms with Crippen LogP contribution < -0.4 is 10.1 Å². The molecule has 0 aliphatic rings. The van der Waals surface area contributed by atoms with Gasteiger partial charge in [0.05, 0.1) is 7.11 Å². The Kier molecular flexibility index (Phi) is 4.18. The minimum Gasteiger partial charge on any atom is -0.497 e. The third-order valence-corrected chi connectivity index (χ3v) is 4.71. The molecule has 0 saturated carbocycles. The van der Waals surface area contributed by atoms with Gasteiger partial charge in [-0.05, 0) is 37.3 Å². The lowest BCUT2D eigenvalue weighted by atomic mass is 10.2. The molecule has 4 aromatic rings. The van der Waals surface area contributed by atoms with E-state index >= 15 is 0 Å². The van der Waals surface area contributed by atoms with Crippen molar-refractivity contribution in [2.24, 2.45) is 0 Å².